The van der Waals surface area contributed by atoms with Crippen molar-refractivity contribution in [2.75, 3.05) is 0 Å². The number of hydrogen-bond donors (Lipinski definition) is 0. The summed E-state index contributed by atoms with van der Waals surface area (Å²) in [4.78, 5) is 0. The van der Waals surface area contributed by atoms with Crippen LogP contribution in [0.5, 0.6) is 0 Å². The molecule has 7 aromatic carbocycles. The highest BCUT2D eigenvalue weighted by Crippen LogP contribution is 2.31. The Labute approximate surface area is 273 Å². The van der Waals surface area contributed by atoms with Crippen molar-refractivity contribution in [2.45, 2.75) is 37.1 Å². The highest BCUT2D eigenvalue weighted by molar-refractivity contribution is 6.05. The second kappa shape index (κ2) is 18.5. The van der Waals surface area contributed by atoms with E-state index in [2.05, 4.69) is 146 Å². The molecule has 2 aliphatic rings. The Bertz CT molecular complexity index is 1670. The van der Waals surface area contributed by atoms with E-state index >= 15 is 0 Å². The second-order valence-electron chi connectivity index (χ2n) is 9.75. The van der Waals surface area contributed by atoms with Gasteiger partial charge in [0.1, 0.15) is 0 Å². The largest absolute Gasteiger partial charge is 0.0776 e. The van der Waals surface area contributed by atoms with Crippen molar-refractivity contribution in [1.82, 2.24) is 0 Å². The standard InChI is InChI=1S/2C12H8.C10H8.C6H6.5CH4/c2*1-3-9-4-2-6-11-8-7-10(5-1)12(9)11;1-2-6-10-8-4-3-7-9(10)5-1;1-2-4-6-5-3-1;;;;;/h2*1-8H;1-8H;1-6H;5*1H4. The van der Waals surface area contributed by atoms with Crippen LogP contribution in [0.3, 0.4) is 0 Å². The molecule has 230 valence electrons. The lowest BCUT2D eigenvalue weighted by Gasteiger charge is -1.99. The molecule has 0 unspecified atom stereocenters. The van der Waals surface area contributed by atoms with E-state index < -0.39 is 0 Å². The zero-order valence-electron chi connectivity index (χ0n) is 22.3. The van der Waals surface area contributed by atoms with Gasteiger partial charge in [-0.1, -0.05) is 219 Å². The van der Waals surface area contributed by atoms with Crippen molar-refractivity contribution in [1.29, 1.82) is 0 Å². The van der Waals surface area contributed by atoms with Gasteiger partial charge in [0.15, 0.2) is 0 Å². The summed E-state index contributed by atoms with van der Waals surface area (Å²) in [7, 11) is 0. The first-order valence-corrected chi connectivity index (χ1v) is 13.7. The molecule has 0 fully saturated rings. The summed E-state index contributed by atoms with van der Waals surface area (Å²) in [5.74, 6) is 0. The van der Waals surface area contributed by atoms with Crippen LogP contribution < -0.4 is 0 Å². The Balaban J connectivity index is 0.000000296. The van der Waals surface area contributed by atoms with Crippen LogP contribution in [0.1, 0.15) is 59.4 Å². The maximum Gasteiger partial charge on any atom is -0.00389 e. The maximum atomic E-state index is 2.18. The minimum atomic E-state index is 0. The van der Waals surface area contributed by atoms with Crippen molar-refractivity contribution < 1.29 is 0 Å². The summed E-state index contributed by atoms with van der Waals surface area (Å²) in [6, 6.07) is 54.4. The second-order valence-corrected chi connectivity index (χ2v) is 9.75. The van der Waals surface area contributed by atoms with Gasteiger partial charge >= 0.3 is 0 Å². The predicted molar refractivity (Wildman–Crippen MR) is 210 cm³/mol. The number of benzene rings is 7. The summed E-state index contributed by atoms with van der Waals surface area (Å²) in [6.07, 6.45) is 8.71. The molecule has 0 N–H and O–H groups in total. The van der Waals surface area contributed by atoms with Gasteiger partial charge in [-0.2, -0.15) is 0 Å². The highest BCUT2D eigenvalue weighted by atomic mass is 14.1. The van der Waals surface area contributed by atoms with Crippen molar-refractivity contribution in [3.8, 4) is 0 Å². The van der Waals surface area contributed by atoms with Crippen LogP contribution in [0.25, 0.3) is 56.6 Å². The normalized spacial score (nSPS) is 10.0. The van der Waals surface area contributed by atoms with Gasteiger partial charge in [0, 0.05) is 0 Å². The Morgan fingerprint density at radius 3 is 0.667 bits per heavy atom. The number of fused-ring (bicyclic) bond motifs is 1. The van der Waals surface area contributed by atoms with E-state index in [1.165, 1.54) is 54.6 Å². The number of hydrogen-bond acceptors (Lipinski definition) is 0. The molecule has 0 spiro atoms. The lowest BCUT2D eigenvalue weighted by molar-refractivity contribution is 1.72. The molecule has 9 rings (SSSR count). The molecule has 7 aromatic rings. The van der Waals surface area contributed by atoms with E-state index in [0.29, 0.717) is 0 Å². The van der Waals surface area contributed by atoms with Gasteiger partial charge in [0.05, 0.1) is 0 Å². The minimum absolute atomic E-state index is 0. The van der Waals surface area contributed by atoms with E-state index in [-0.39, 0.29) is 37.1 Å². The summed E-state index contributed by atoms with van der Waals surface area (Å²) < 4.78 is 0. The zero-order chi connectivity index (χ0) is 27.0. The van der Waals surface area contributed by atoms with Crippen molar-refractivity contribution >= 4 is 56.6 Å². The van der Waals surface area contributed by atoms with Crippen molar-refractivity contribution in [2.24, 2.45) is 0 Å². The van der Waals surface area contributed by atoms with Crippen molar-refractivity contribution in [3.63, 3.8) is 0 Å². The molecule has 0 aliphatic heterocycles. The van der Waals surface area contributed by atoms with Crippen LogP contribution in [-0.2, 0) is 0 Å². The highest BCUT2D eigenvalue weighted by Gasteiger charge is 2.07. The van der Waals surface area contributed by atoms with E-state index in [9.17, 15) is 0 Å². The fraction of sp³-hybridized carbons (Fsp3) is 0.111. The van der Waals surface area contributed by atoms with Crippen molar-refractivity contribution in [3.05, 3.63) is 180 Å². The average Bonchev–Trinajstić information content (AvgIpc) is 3.66. The third-order valence-corrected chi connectivity index (χ3v) is 7.15. The van der Waals surface area contributed by atoms with Gasteiger partial charge in [-0.25, -0.2) is 0 Å². The molecule has 0 aromatic heterocycles. The zero-order valence-corrected chi connectivity index (χ0v) is 22.3. The third kappa shape index (κ3) is 8.91. The van der Waals surface area contributed by atoms with Gasteiger partial charge in [0.2, 0.25) is 0 Å². The molecule has 0 atom stereocenters. The molecule has 0 bridgehead atoms. The minimum Gasteiger partial charge on any atom is -0.0776 e. The summed E-state index contributed by atoms with van der Waals surface area (Å²) in [6.45, 7) is 0. The molecule has 0 heterocycles. The van der Waals surface area contributed by atoms with Crippen LogP contribution in [-0.4, -0.2) is 0 Å². The van der Waals surface area contributed by atoms with Gasteiger partial charge in [-0.05, 0) is 54.6 Å². The van der Waals surface area contributed by atoms with Crippen LogP contribution >= 0.6 is 0 Å². The molecule has 0 heteroatoms. The molecule has 0 saturated carbocycles. The number of rotatable bonds is 0. The molecule has 45 heavy (non-hydrogen) atoms. The first-order valence-electron chi connectivity index (χ1n) is 13.7. The van der Waals surface area contributed by atoms with Gasteiger partial charge in [-0.3, -0.25) is 0 Å². The predicted octanol–water partition coefficient (Wildman–Crippen LogP) is 14.4. The average molecular weight is 591 g/mol. The molecular weight excluding hydrogens is 540 g/mol. The van der Waals surface area contributed by atoms with Crippen LogP contribution in [0.4, 0.5) is 0 Å². The van der Waals surface area contributed by atoms with E-state index in [4.69, 9.17) is 0 Å². The molecular formula is C45H50. The Morgan fingerprint density at radius 1 is 0.200 bits per heavy atom. The smallest absolute Gasteiger partial charge is 0.00389 e. The Hall–Kier alpha value is -5.20. The fourth-order valence-corrected chi connectivity index (χ4v) is 5.23. The summed E-state index contributed by atoms with van der Waals surface area (Å²) >= 11 is 0. The fourth-order valence-electron chi connectivity index (χ4n) is 5.23. The van der Waals surface area contributed by atoms with Crippen LogP contribution in [0, 0.1) is 0 Å². The maximum absolute atomic E-state index is 2.18. The summed E-state index contributed by atoms with van der Waals surface area (Å²) in [5.41, 5.74) is 5.40. The van der Waals surface area contributed by atoms with Crippen LogP contribution in [0.2, 0.25) is 0 Å². The monoisotopic (exact) mass is 590 g/mol. The molecule has 0 radical (unpaired) electrons. The van der Waals surface area contributed by atoms with Gasteiger partial charge < -0.3 is 0 Å². The Morgan fingerprint density at radius 2 is 0.422 bits per heavy atom. The SMILES string of the molecule is C.C.C.C.C.C1=Cc2cccc3cccc1c23.C1=Cc2cccc3cccc1c23.c1ccc2ccccc2c1.c1ccccc1. The Kier molecular flexibility index (Phi) is 15.5. The van der Waals surface area contributed by atoms with Crippen LogP contribution in [0.15, 0.2) is 158 Å². The molecule has 2 aliphatic carbocycles. The van der Waals surface area contributed by atoms with E-state index in [1.54, 1.807) is 0 Å². The van der Waals surface area contributed by atoms with E-state index in [0.717, 1.165) is 0 Å². The lowest BCUT2D eigenvalue weighted by Crippen LogP contribution is -1.76. The molecule has 0 amide bonds. The first kappa shape index (κ1) is 37.8. The quantitative estimate of drug-likeness (QED) is 0.165. The van der Waals surface area contributed by atoms with E-state index in [1.807, 2.05) is 36.4 Å². The molecule has 0 nitrogen and oxygen atoms in total. The van der Waals surface area contributed by atoms with Gasteiger partial charge in [-0.15, -0.1) is 0 Å². The molecule has 0 saturated heterocycles. The lowest BCUT2D eigenvalue weighted by atomic mass is 10.0. The topological polar surface area (TPSA) is 0 Å². The summed E-state index contributed by atoms with van der Waals surface area (Å²) in [5, 5.41) is 8.11. The first-order chi connectivity index (χ1) is 19.9. The third-order valence-electron chi connectivity index (χ3n) is 7.15. The van der Waals surface area contributed by atoms with Gasteiger partial charge in [0.25, 0.3) is 0 Å².